The van der Waals surface area contributed by atoms with Crippen molar-refractivity contribution in [1.82, 2.24) is 9.29 Å². The first-order valence-electron chi connectivity index (χ1n) is 6.40. The number of nitrogens with zero attached hydrogens (tertiary/aromatic N) is 1. The molecule has 0 bridgehead atoms. The van der Waals surface area contributed by atoms with Crippen LogP contribution in [0.1, 0.15) is 19.0 Å². The van der Waals surface area contributed by atoms with E-state index in [9.17, 15) is 8.42 Å². The quantitative estimate of drug-likeness (QED) is 0.809. The summed E-state index contributed by atoms with van der Waals surface area (Å²) >= 11 is 0. The van der Waals surface area contributed by atoms with Gasteiger partial charge >= 0.3 is 0 Å². The Labute approximate surface area is 114 Å². The molecule has 6 nitrogen and oxygen atoms in total. The van der Waals surface area contributed by atoms with E-state index in [1.165, 1.54) is 0 Å². The highest BCUT2D eigenvalue weighted by molar-refractivity contribution is 7.89. The third-order valence-corrected chi connectivity index (χ3v) is 5.06. The molecule has 108 valence electrons. The maximum Gasteiger partial charge on any atom is 0.242 e. The Kier molecular flexibility index (Phi) is 4.29. The average Bonchev–Trinajstić information content (AvgIpc) is 2.93. The zero-order valence-electron chi connectivity index (χ0n) is 11.3. The van der Waals surface area contributed by atoms with Crippen LogP contribution in [0.25, 0.3) is 0 Å². The van der Waals surface area contributed by atoms with Crippen LogP contribution < -0.4 is 10.5 Å². The molecule has 1 aliphatic heterocycles. The summed E-state index contributed by atoms with van der Waals surface area (Å²) in [6.45, 7) is 3.41. The fourth-order valence-electron chi connectivity index (χ4n) is 2.27. The van der Waals surface area contributed by atoms with Crippen LogP contribution >= 0.6 is 0 Å². The van der Waals surface area contributed by atoms with E-state index in [2.05, 4.69) is 4.72 Å². The lowest BCUT2D eigenvalue weighted by molar-refractivity contribution is 0.107. The molecule has 0 radical (unpaired) electrons. The second-order valence-corrected chi connectivity index (χ2v) is 6.73. The van der Waals surface area contributed by atoms with Gasteiger partial charge in [0, 0.05) is 44.6 Å². The van der Waals surface area contributed by atoms with Crippen LogP contribution in [-0.4, -0.2) is 32.2 Å². The Morgan fingerprint density at radius 3 is 2.84 bits per heavy atom. The number of sulfonamides is 1. The van der Waals surface area contributed by atoms with Crippen LogP contribution in [0.3, 0.4) is 0 Å². The lowest BCUT2D eigenvalue weighted by Crippen LogP contribution is -2.31. The minimum absolute atomic E-state index is 0.109. The normalized spacial score (nSPS) is 23.9. The van der Waals surface area contributed by atoms with Crippen molar-refractivity contribution < 1.29 is 13.2 Å². The SMILES string of the molecule is CC1OCCC1CNS(=O)(=O)c1cc(CN)n(C)c1. The molecule has 0 saturated carbocycles. The third-order valence-electron chi connectivity index (χ3n) is 3.67. The van der Waals surface area contributed by atoms with E-state index in [0.29, 0.717) is 19.7 Å². The molecule has 0 aliphatic carbocycles. The molecule has 1 aromatic rings. The summed E-state index contributed by atoms with van der Waals surface area (Å²) in [7, 11) is -1.68. The molecule has 7 heteroatoms. The molecule has 0 spiro atoms. The van der Waals surface area contributed by atoms with E-state index < -0.39 is 10.0 Å². The molecule has 2 rings (SSSR count). The molecule has 1 fully saturated rings. The minimum Gasteiger partial charge on any atom is -0.378 e. The summed E-state index contributed by atoms with van der Waals surface area (Å²) in [4.78, 5) is 0.266. The highest BCUT2D eigenvalue weighted by atomic mass is 32.2. The maximum absolute atomic E-state index is 12.2. The van der Waals surface area contributed by atoms with Gasteiger partial charge in [0.05, 0.1) is 11.0 Å². The highest BCUT2D eigenvalue weighted by Gasteiger charge is 2.26. The summed E-state index contributed by atoms with van der Waals surface area (Å²) in [6, 6.07) is 1.61. The van der Waals surface area contributed by atoms with Gasteiger partial charge in [0.2, 0.25) is 10.0 Å². The minimum atomic E-state index is -3.46. The van der Waals surface area contributed by atoms with Gasteiger partial charge in [0.1, 0.15) is 0 Å². The average molecular weight is 287 g/mol. The summed E-state index contributed by atoms with van der Waals surface area (Å²) in [5.74, 6) is 0.243. The number of aryl methyl sites for hydroxylation is 1. The van der Waals surface area contributed by atoms with Crippen LogP contribution in [0.2, 0.25) is 0 Å². The Morgan fingerprint density at radius 2 is 2.32 bits per heavy atom. The molecular weight excluding hydrogens is 266 g/mol. The molecule has 0 amide bonds. The number of rotatable bonds is 5. The van der Waals surface area contributed by atoms with Crippen molar-refractivity contribution in [3.63, 3.8) is 0 Å². The van der Waals surface area contributed by atoms with Gasteiger partial charge in [0.25, 0.3) is 0 Å². The van der Waals surface area contributed by atoms with E-state index >= 15 is 0 Å². The first-order chi connectivity index (χ1) is 8.94. The fraction of sp³-hybridized carbons (Fsp3) is 0.667. The summed E-state index contributed by atoms with van der Waals surface area (Å²) < 4.78 is 34.1. The standard InChI is InChI=1S/C12H21N3O3S/c1-9-10(3-4-18-9)7-14-19(16,17)12-5-11(6-13)15(2)8-12/h5,8-10,14H,3-4,6-7,13H2,1-2H3. The monoisotopic (exact) mass is 287 g/mol. The van der Waals surface area contributed by atoms with Crippen molar-refractivity contribution in [3.05, 3.63) is 18.0 Å². The molecule has 1 aliphatic rings. The zero-order valence-corrected chi connectivity index (χ0v) is 12.1. The zero-order chi connectivity index (χ0) is 14.0. The molecular formula is C12H21N3O3S. The number of hydrogen-bond acceptors (Lipinski definition) is 4. The topological polar surface area (TPSA) is 86.3 Å². The van der Waals surface area contributed by atoms with Crippen LogP contribution in [0.4, 0.5) is 0 Å². The van der Waals surface area contributed by atoms with Crippen LogP contribution in [-0.2, 0) is 28.4 Å². The van der Waals surface area contributed by atoms with Gasteiger partial charge in [-0.3, -0.25) is 0 Å². The smallest absolute Gasteiger partial charge is 0.242 e. The largest absolute Gasteiger partial charge is 0.378 e. The van der Waals surface area contributed by atoms with Crippen molar-refractivity contribution in [2.45, 2.75) is 30.9 Å². The van der Waals surface area contributed by atoms with E-state index in [-0.39, 0.29) is 16.9 Å². The summed E-state index contributed by atoms with van der Waals surface area (Å²) in [6.07, 6.45) is 2.59. The van der Waals surface area contributed by atoms with Crippen molar-refractivity contribution in [2.24, 2.45) is 18.7 Å². The molecule has 1 aromatic heterocycles. The second-order valence-electron chi connectivity index (χ2n) is 4.96. The summed E-state index contributed by atoms with van der Waals surface area (Å²) in [5, 5.41) is 0. The van der Waals surface area contributed by atoms with Crippen LogP contribution in [0.5, 0.6) is 0 Å². The number of ether oxygens (including phenoxy) is 1. The van der Waals surface area contributed by atoms with Crippen molar-refractivity contribution in [1.29, 1.82) is 0 Å². The Hall–Kier alpha value is -0.890. The molecule has 2 atom stereocenters. The van der Waals surface area contributed by atoms with Crippen molar-refractivity contribution >= 4 is 10.0 Å². The molecule has 2 heterocycles. The van der Waals surface area contributed by atoms with Crippen LogP contribution in [0, 0.1) is 5.92 Å². The lowest BCUT2D eigenvalue weighted by Gasteiger charge is -2.14. The van der Waals surface area contributed by atoms with Gasteiger partial charge in [-0.25, -0.2) is 13.1 Å². The first kappa shape index (κ1) is 14.5. The lowest BCUT2D eigenvalue weighted by atomic mass is 10.0. The van der Waals surface area contributed by atoms with E-state index in [4.69, 9.17) is 10.5 Å². The van der Waals surface area contributed by atoms with Gasteiger partial charge in [-0.1, -0.05) is 0 Å². The molecule has 2 unspecified atom stereocenters. The van der Waals surface area contributed by atoms with E-state index in [0.717, 1.165) is 12.1 Å². The number of nitrogens with one attached hydrogen (secondary N) is 1. The molecule has 0 aromatic carbocycles. The summed E-state index contributed by atoms with van der Waals surface area (Å²) in [5.41, 5.74) is 6.34. The van der Waals surface area contributed by atoms with E-state index in [1.54, 1.807) is 23.9 Å². The van der Waals surface area contributed by atoms with Crippen molar-refractivity contribution in [2.75, 3.05) is 13.2 Å². The second kappa shape index (κ2) is 5.62. The molecule has 1 saturated heterocycles. The number of hydrogen-bond donors (Lipinski definition) is 2. The highest BCUT2D eigenvalue weighted by Crippen LogP contribution is 2.20. The predicted molar refractivity (Wildman–Crippen MR) is 72.0 cm³/mol. The van der Waals surface area contributed by atoms with Gasteiger partial charge < -0.3 is 15.0 Å². The number of aromatic nitrogens is 1. The van der Waals surface area contributed by atoms with Gasteiger partial charge in [-0.05, 0) is 19.4 Å². The third kappa shape index (κ3) is 3.17. The first-order valence-corrected chi connectivity index (χ1v) is 7.89. The van der Waals surface area contributed by atoms with Gasteiger partial charge in [0.15, 0.2) is 0 Å². The van der Waals surface area contributed by atoms with Crippen LogP contribution in [0.15, 0.2) is 17.2 Å². The Morgan fingerprint density at radius 1 is 1.58 bits per heavy atom. The van der Waals surface area contributed by atoms with Gasteiger partial charge in [-0.2, -0.15) is 0 Å². The van der Waals surface area contributed by atoms with Gasteiger partial charge in [-0.15, -0.1) is 0 Å². The number of nitrogens with two attached hydrogens (primary N) is 1. The van der Waals surface area contributed by atoms with E-state index in [1.807, 2.05) is 6.92 Å². The predicted octanol–water partition coefficient (Wildman–Crippen LogP) is 0.187. The molecule has 19 heavy (non-hydrogen) atoms. The maximum atomic E-state index is 12.2. The molecule has 3 N–H and O–H groups in total. The van der Waals surface area contributed by atoms with Crippen molar-refractivity contribution in [3.8, 4) is 0 Å². The Balaban J connectivity index is 2.05. The fourth-order valence-corrected chi connectivity index (χ4v) is 3.46. The Bertz CT molecular complexity index is 538.